The van der Waals surface area contributed by atoms with Crippen molar-refractivity contribution in [2.45, 2.75) is 75.2 Å². The van der Waals surface area contributed by atoms with E-state index in [9.17, 15) is 14.7 Å². The first kappa shape index (κ1) is 19.6. The quantitative estimate of drug-likeness (QED) is 0.579. The van der Waals surface area contributed by atoms with Crippen molar-refractivity contribution in [3.8, 4) is 5.75 Å². The molecule has 33 heavy (non-hydrogen) atoms. The number of nitrogens with zero attached hydrogens (tertiary/aromatic N) is 1. The SMILES string of the molecule is CC1(C)C=Cc2c(ccc3c4c([nH]c23)C(C)(C)C2C[C@]35CCCN3C(=O)[C@]2(NC5=O)[C@H]4O)O1. The zero-order chi connectivity index (χ0) is 23.1. The standard InChI is InChI=1S/C26H29N3O4/c1-23(2)10-8-13-15(33-23)7-6-14-17-19(27-18(13)14)24(3,4)16-12-25-9-5-11-29(25)22(32)26(16,20(17)30)28-21(25)31/h6-8,10,16,20,27,30H,5,9,11-12H2,1-4H3,(H,28,31)/t16?,20-,25-,26+/m0/s1. The van der Waals surface area contributed by atoms with Gasteiger partial charge in [-0.1, -0.05) is 13.8 Å². The molecule has 2 aromatic rings. The Morgan fingerprint density at radius 3 is 2.76 bits per heavy atom. The molecule has 4 atom stereocenters. The number of piperazine rings is 1. The largest absolute Gasteiger partial charge is 0.483 e. The van der Waals surface area contributed by atoms with E-state index in [1.165, 1.54) is 0 Å². The lowest BCUT2D eigenvalue weighted by Crippen LogP contribution is -2.85. The van der Waals surface area contributed by atoms with Crippen LogP contribution in [0.5, 0.6) is 5.75 Å². The fourth-order valence-corrected chi connectivity index (χ4v) is 7.57. The van der Waals surface area contributed by atoms with Crippen LogP contribution in [0.3, 0.4) is 0 Å². The zero-order valence-electron chi connectivity index (χ0n) is 19.4. The summed E-state index contributed by atoms with van der Waals surface area (Å²) in [5.74, 6) is 0.354. The summed E-state index contributed by atoms with van der Waals surface area (Å²) < 4.78 is 6.17. The van der Waals surface area contributed by atoms with Crippen molar-refractivity contribution in [3.63, 3.8) is 0 Å². The number of ether oxygens (including phenoxy) is 1. The van der Waals surface area contributed by atoms with E-state index in [1.807, 2.05) is 32.1 Å². The molecule has 7 heteroatoms. The molecule has 1 aromatic carbocycles. The lowest BCUT2D eigenvalue weighted by atomic mass is 9.50. The van der Waals surface area contributed by atoms with Gasteiger partial charge in [-0.2, -0.15) is 0 Å². The van der Waals surface area contributed by atoms with E-state index in [0.717, 1.165) is 39.9 Å². The predicted octanol–water partition coefficient (Wildman–Crippen LogP) is 2.93. The second-order valence-corrected chi connectivity index (χ2v) is 11.6. The lowest BCUT2D eigenvalue weighted by molar-refractivity contribution is -0.191. The molecule has 0 radical (unpaired) electrons. The van der Waals surface area contributed by atoms with Gasteiger partial charge in [-0.15, -0.1) is 0 Å². The van der Waals surface area contributed by atoms with Crippen LogP contribution in [0.4, 0.5) is 0 Å². The van der Waals surface area contributed by atoms with Gasteiger partial charge in [0.1, 0.15) is 23.0 Å². The summed E-state index contributed by atoms with van der Waals surface area (Å²) in [4.78, 5) is 32.7. The number of fused-ring (bicyclic) bond motifs is 6. The number of aromatic nitrogens is 1. The number of piperidine rings is 2. The fraction of sp³-hybridized carbons (Fsp3) is 0.538. The number of hydrogen-bond acceptors (Lipinski definition) is 4. The van der Waals surface area contributed by atoms with E-state index >= 15 is 0 Å². The van der Waals surface area contributed by atoms with Gasteiger partial charge in [0.25, 0.3) is 5.91 Å². The number of rotatable bonds is 0. The number of aromatic amines is 1. The maximum absolute atomic E-state index is 13.9. The van der Waals surface area contributed by atoms with Crippen molar-refractivity contribution in [1.82, 2.24) is 15.2 Å². The number of amides is 2. The van der Waals surface area contributed by atoms with E-state index in [1.54, 1.807) is 4.90 Å². The molecule has 3 N–H and O–H groups in total. The molecule has 7 nitrogen and oxygen atoms in total. The molecule has 4 fully saturated rings. The highest BCUT2D eigenvalue weighted by Crippen LogP contribution is 2.62. The van der Waals surface area contributed by atoms with Crippen LogP contribution in [0.25, 0.3) is 17.0 Å². The summed E-state index contributed by atoms with van der Waals surface area (Å²) in [6, 6.07) is 3.90. The molecule has 2 amide bonds. The zero-order valence-corrected chi connectivity index (χ0v) is 19.4. The van der Waals surface area contributed by atoms with Gasteiger partial charge in [-0.3, -0.25) is 9.59 Å². The molecule has 6 heterocycles. The summed E-state index contributed by atoms with van der Waals surface area (Å²) in [5, 5.41) is 15.9. The molecule has 2 bridgehead atoms. The van der Waals surface area contributed by atoms with Crippen molar-refractivity contribution in [2.24, 2.45) is 5.92 Å². The Bertz CT molecular complexity index is 1320. The molecule has 5 aliphatic heterocycles. The number of benzene rings is 1. The molecule has 1 aromatic heterocycles. The normalized spacial score (nSPS) is 36.7. The Labute approximate surface area is 192 Å². The maximum atomic E-state index is 13.9. The van der Waals surface area contributed by atoms with Gasteiger partial charge in [0.05, 0.1) is 5.52 Å². The molecule has 6 aliphatic rings. The third kappa shape index (κ3) is 1.99. The van der Waals surface area contributed by atoms with Crippen molar-refractivity contribution in [1.29, 1.82) is 0 Å². The van der Waals surface area contributed by atoms with Crippen LogP contribution in [0, 0.1) is 5.92 Å². The molecular formula is C26H29N3O4. The minimum Gasteiger partial charge on any atom is -0.483 e. The van der Waals surface area contributed by atoms with E-state index < -0.39 is 22.6 Å². The van der Waals surface area contributed by atoms with Gasteiger partial charge in [0.2, 0.25) is 5.91 Å². The number of aliphatic hydroxyl groups excluding tert-OH is 1. The molecule has 4 saturated heterocycles. The summed E-state index contributed by atoms with van der Waals surface area (Å²) >= 11 is 0. The summed E-state index contributed by atoms with van der Waals surface area (Å²) in [7, 11) is 0. The van der Waals surface area contributed by atoms with Gasteiger partial charge < -0.3 is 25.0 Å². The molecule has 0 saturated carbocycles. The summed E-state index contributed by atoms with van der Waals surface area (Å²) in [6.07, 6.45) is 5.07. The fourth-order valence-electron chi connectivity index (χ4n) is 7.57. The number of nitrogens with one attached hydrogen (secondary N) is 2. The Kier molecular flexibility index (Phi) is 3.25. The van der Waals surface area contributed by atoms with Crippen molar-refractivity contribution in [3.05, 3.63) is 35.0 Å². The van der Waals surface area contributed by atoms with E-state index in [-0.39, 0.29) is 23.3 Å². The van der Waals surface area contributed by atoms with E-state index in [0.29, 0.717) is 19.4 Å². The first-order valence-electron chi connectivity index (χ1n) is 11.9. The third-order valence-electron chi connectivity index (χ3n) is 9.18. The predicted molar refractivity (Wildman–Crippen MR) is 123 cm³/mol. The molecule has 172 valence electrons. The molecule has 1 unspecified atom stereocenters. The minimum atomic E-state index is -1.33. The first-order valence-corrected chi connectivity index (χ1v) is 11.9. The van der Waals surface area contributed by atoms with Crippen LogP contribution in [-0.4, -0.2) is 50.0 Å². The number of H-pyrrole nitrogens is 1. The van der Waals surface area contributed by atoms with Crippen LogP contribution in [-0.2, 0) is 15.0 Å². The monoisotopic (exact) mass is 447 g/mol. The number of carbonyl (C=O) groups is 2. The van der Waals surface area contributed by atoms with Gasteiger partial charge >= 0.3 is 0 Å². The van der Waals surface area contributed by atoms with Gasteiger partial charge in [0.15, 0.2) is 5.54 Å². The molecule has 8 rings (SSSR count). The van der Waals surface area contributed by atoms with Gasteiger partial charge in [-0.25, -0.2) is 0 Å². The number of aliphatic hydroxyl groups is 1. The van der Waals surface area contributed by atoms with E-state index in [4.69, 9.17) is 4.74 Å². The van der Waals surface area contributed by atoms with Gasteiger partial charge in [-0.05, 0) is 57.4 Å². The van der Waals surface area contributed by atoms with Crippen LogP contribution >= 0.6 is 0 Å². The highest BCUT2D eigenvalue weighted by molar-refractivity contribution is 6.07. The maximum Gasteiger partial charge on any atom is 0.252 e. The van der Waals surface area contributed by atoms with Gasteiger partial charge in [0, 0.05) is 40.1 Å². The van der Waals surface area contributed by atoms with Crippen molar-refractivity contribution < 1.29 is 19.4 Å². The molecule has 1 aliphatic carbocycles. The Hall–Kier alpha value is -2.80. The Morgan fingerprint density at radius 2 is 1.97 bits per heavy atom. The van der Waals surface area contributed by atoms with Crippen LogP contribution in [0.15, 0.2) is 18.2 Å². The lowest BCUT2D eigenvalue weighted by Gasteiger charge is -2.65. The summed E-state index contributed by atoms with van der Waals surface area (Å²) in [6.45, 7) is 8.89. The topological polar surface area (TPSA) is 94.7 Å². The average molecular weight is 448 g/mol. The van der Waals surface area contributed by atoms with Crippen LogP contribution in [0.1, 0.15) is 69.9 Å². The molecule has 2 spiro atoms. The molecular weight excluding hydrogens is 418 g/mol. The highest BCUT2D eigenvalue weighted by Gasteiger charge is 2.75. The van der Waals surface area contributed by atoms with Crippen LogP contribution in [0.2, 0.25) is 0 Å². The number of carbonyl (C=O) groups excluding carboxylic acids is 2. The van der Waals surface area contributed by atoms with E-state index in [2.05, 4.69) is 30.2 Å². The second kappa shape index (κ2) is 5.46. The highest BCUT2D eigenvalue weighted by atomic mass is 16.5. The Morgan fingerprint density at radius 1 is 1.18 bits per heavy atom. The van der Waals surface area contributed by atoms with Crippen molar-refractivity contribution >= 4 is 28.8 Å². The van der Waals surface area contributed by atoms with Crippen molar-refractivity contribution in [2.75, 3.05) is 6.54 Å². The second-order valence-electron chi connectivity index (χ2n) is 11.6. The first-order chi connectivity index (χ1) is 15.5. The average Bonchev–Trinajstić information content (AvgIpc) is 3.36. The third-order valence-corrected chi connectivity index (χ3v) is 9.18. The van der Waals surface area contributed by atoms with Crippen LogP contribution < -0.4 is 10.1 Å². The summed E-state index contributed by atoms with van der Waals surface area (Å²) in [5.41, 5.74) is 0.564. The minimum absolute atomic E-state index is 0.107. The Balaban J connectivity index is 1.50. The smallest absolute Gasteiger partial charge is 0.252 e. The number of hydrogen-bond donors (Lipinski definition) is 3.